The number of ether oxygens (including phenoxy) is 1. The first kappa shape index (κ1) is 11.0. The summed E-state index contributed by atoms with van der Waals surface area (Å²) in [5, 5.41) is 0. The molecule has 2 nitrogen and oxygen atoms in total. The van der Waals surface area contributed by atoms with Crippen molar-refractivity contribution in [2.45, 2.75) is 12.6 Å². The lowest BCUT2D eigenvalue weighted by Gasteiger charge is -2.08. The molecule has 0 atom stereocenters. The van der Waals surface area contributed by atoms with E-state index in [-0.39, 0.29) is 13.0 Å². The summed E-state index contributed by atoms with van der Waals surface area (Å²) in [6.07, 6.45) is -4.48. The number of carbonyl (C=O) groups excluding carboxylic acids is 1. The molecule has 1 radical (unpaired) electrons. The number of alkyl halides is 3. The Bertz CT molecular complexity index is 184. The van der Waals surface area contributed by atoms with E-state index in [1.54, 1.807) is 0 Å². The van der Waals surface area contributed by atoms with E-state index >= 15 is 0 Å². The standard InChI is InChI=1S/C7H8F3O2/c1-3-4-12-6(11)5(2)7(8,9)10/h1-4H2. The van der Waals surface area contributed by atoms with Gasteiger partial charge in [-0.15, -0.1) is 0 Å². The third-order valence-electron chi connectivity index (χ3n) is 0.966. The van der Waals surface area contributed by atoms with Crippen LogP contribution >= 0.6 is 0 Å². The topological polar surface area (TPSA) is 26.3 Å². The third kappa shape index (κ3) is 3.41. The number of esters is 1. The monoisotopic (exact) mass is 181 g/mol. The maximum absolute atomic E-state index is 11.7. The van der Waals surface area contributed by atoms with Gasteiger partial charge in [0.2, 0.25) is 0 Å². The highest BCUT2D eigenvalue weighted by molar-refractivity contribution is 5.89. The van der Waals surface area contributed by atoms with Gasteiger partial charge >= 0.3 is 12.1 Å². The van der Waals surface area contributed by atoms with Gasteiger partial charge in [0.1, 0.15) is 5.57 Å². The van der Waals surface area contributed by atoms with E-state index in [2.05, 4.69) is 18.2 Å². The number of halogens is 3. The second kappa shape index (κ2) is 4.13. The van der Waals surface area contributed by atoms with Crippen molar-refractivity contribution in [2.24, 2.45) is 0 Å². The van der Waals surface area contributed by atoms with Crippen LogP contribution in [0.1, 0.15) is 6.42 Å². The fourth-order valence-electron chi connectivity index (χ4n) is 0.368. The van der Waals surface area contributed by atoms with E-state index in [1.165, 1.54) is 0 Å². The van der Waals surface area contributed by atoms with Crippen molar-refractivity contribution < 1.29 is 22.7 Å². The van der Waals surface area contributed by atoms with Crippen molar-refractivity contribution in [1.29, 1.82) is 0 Å². The molecule has 0 aromatic rings. The van der Waals surface area contributed by atoms with Crippen molar-refractivity contribution >= 4 is 5.97 Å². The quantitative estimate of drug-likeness (QED) is 0.490. The largest absolute Gasteiger partial charge is 0.462 e. The first-order valence-electron chi connectivity index (χ1n) is 3.12. The molecule has 5 heteroatoms. The Kier molecular flexibility index (Phi) is 3.79. The van der Waals surface area contributed by atoms with Gasteiger partial charge in [0.15, 0.2) is 0 Å². The lowest BCUT2D eigenvalue weighted by molar-refractivity contribution is -0.150. The Hall–Kier alpha value is -1.00. The summed E-state index contributed by atoms with van der Waals surface area (Å²) < 4.78 is 39.3. The molecule has 12 heavy (non-hydrogen) atoms. The van der Waals surface area contributed by atoms with E-state index in [0.717, 1.165) is 0 Å². The van der Waals surface area contributed by atoms with Crippen LogP contribution < -0.4 is 0 Å². The van der Waals surface area contributed by atoms with Gasteiger partial charge in [-0.25, -0.2) is 4.79 Å². The third-order valence-corrected chi connectivity index (χ3v) is 0.966. The molecule has 0 aromatic heterocycles. The van der Waals surface area contributed by atoms with Crippen molar-refractivity contribution in [1.82, 2.24) is 0 Å². The van der Waals surface area contributed by atoms with Crippen molar-refractivity contribution in [3.63, 3.8) is 0 Å². The van der Waals surface area contributed by atoms with Gasteiger partial charge in [-0.1, -0.05) is 6.58 Å². The van der Waals surface area contributed by atoms with Crippen molar-refractivity contribution in [2.75, 3.05) is 6.61 Å². The van der Waals surface area contributed by atoms with Crippen LogP contribution in [0.3, 0.4) is 0 Å². The molecule has 0 aliphatic heterocycles. The highest BCUT2D eigenvalue weighted by atomic mass is 19.4. The van der Waals surface area contributed by atoms with Crippen LogP contribution in [0.4, 0.5) is 13.2 Å². The molecule has 69 valence electrons. The van der Waals surface area contributed by atoms with E-state index in [1.807, 2.05) is 0 Å². The molecule has 0 aromatic carbocycles. The van der Waals surface area contributed by atoms with Gasteiger partial charge < -0.3 is 4.74 Å². The van der Waals surface area contributed by atoms with E-state index in [0.29, 0.717) is 0 Å². The second-order valence-electron chi connectivity index (χ2n) is 1.97. The van der Waals surface area contributed by atoms with Crippen molar-refractivity contribution in [3.05, 3.63) is 19.1 Å². The molecule has 0 heterocycles. The fourth-order valence-corrected chi connectivity index (χ4v) is 0.368. The Balaban J connectivity index is 4.04. The summed E-state index contributed by atoms with van der Waals surface area (Å²) >= 11 is 0. The first-order valence-corrected chi connectivity index (χ1v) is 3.12. The van der Waals surface area contributed by atoms with Gasteiger partial charge in [0.25, 0.3) is 0 Å². The summed E-state index contributed by atoms with van der Waals surface area (Å²) in [7, 11) is 0. The van der Waals surface area contributed by atoms with Crippen LogP contribution in [-0.4, -0.2) is 18.8 Å². The minimum atomic E-state index is -4.71. The van der Waals surface area contributed by atoms with Gasteiger partial charge in [0, 0.05) is 0 Å². The van der Waals surface area contributed by atoms with Gasteiger partial charge in [0.05, 0.1) is 6.61 Å². The molecule has 0 saturated heterocycles. The molecule has 0 amide bonds. The Morgan fingerprint density at radius 2 is 1.92 bits per heavy atom. The van der Waals surface area contributed by atoms with Crippen LogP contribution in [0.15, 0.2) is 12.2 Å². The minimum absolute atomic E-state index is 0.131. The molecule has 0 aliphatic carbocycles. The molecular weight excluding hydrogens is 173 g/mol. The smallest absolute Gasteiger partial charge is 0.422 e. The molecule has 0 saturated carbocycles. The normalized spacial score (nSPS) is 11.0. The average molecular weight is 181 g/mol. The molecule has 0 spiro atoms. The zero-order valence-corrected chi connectivity index (χ0v) is 6.28. The SMILES string of the molecule is [CH2]CCOC(=O)C(=C)C(F)(F)F. The molecular formula is C7H8F3O2. The van der Waals surface area contributed by atoms with Gasteiger partial charge in [-0.05, 0) is 13.3 Å². The lowest BCUT2D eigenvalue weighted by atomic mass is 10.3. The predicted octanol–water partition coefficient (Wildman–Crippen LogP) is 1.87. The van der Waals surface area contributed by atoms with Gasteiger partial charge in [-0.3, -0.25) is 0 Å². The summed E-state index contributed by atoms with van der Waals surface area (Å²) in [6.45, 7) is 5.72. The summed E-state index contributed by atoms with van der Waals surface area (Å²) in [6, 6.07) is 0. The highest BCUT2D eigenvalue weighted by Crippen LogP contribution is 2.24. The molecule has 0 fully saturated rings. The second-order valence-corrected chi connectivity index (χ2v) is 1.97. The van der Waals surface area contributed by atoms with Crippen LogP contribution in [0.25, 0.3) is 0 Å². The summed E-state index contributed by atoms with van der Waals surface area (Å²) in [4.78, 5) is 10.5. The average Bonchev–Trinajstić information content (AvgIpc) is 1.97. The fraction of sp³-hybridized carbons (Fsp3) is 0.429. The summed E-state index contributed by atoms with van der Waals surface area (Å²) in [5.41, 5.74) is -1.49. The summed E-state index contributed by atoms with van der Waals surface area (Å²) in [5.74, 6) is -1.44. The zero-order chi connectivity index (χ0) is 9.78. The number of rotatable bonds is 3. The number of carbonyl (C=O) groups is 1. The van der Waals surface area contributed by atoms with Crippen LogP contribution in [0.5, 0.6) is 0 Å². The highest BCUT2D eigenvalue weighted by Gasteiger charge is 2.37. The Labute approximate surface area is 68.0 Å². The first-order chi connectivity index (χ1) is 5.39. The van der Waals surface area contributed by atoms with E-state index < -0.39 is 17.7 Å². The molecule has 0 N–H and O–H groups in total. The maximum atomic E-state index is 11.7. The Morgan fingerprint density at radius 1 is 1.42 bits per heavy atom. The predicted molar refractivity (Wildman–Crippen MR) is 36.1 cm³/mol. The Morgan fingerprint density at radius 3 is 2.25 bits per heavy atom. The molecule has 0 bridgehead atoms. The van der Waals surface area contributed by atoms with Crippen LogP contribution in [0, 0.1) is 6.92 Å². The van der Waals surface area contributed by atoms with Crippen LogP contribution in [-0.2, 0) is 9.53 Å². The van der Waals surface area contributed by atoms with Crippen LogP contribution in [0.2, 0.25) is 0 Å². The van der Waals surface area contributed by atoms with Gasteiger partial charge in [-0.2, -0.15) is 13.2 Å². The maximum Gasteiger partial charge on any atom is 0.422 e. The van der Waals surface area contributed by atoms with E-state index in [4.69, 9.17) is 0 Å². The number of hydrogen-bond donors (Lipinski definition) is 0. The van der Waals surface area contributed by atoms with E-state index in [9.17, 15) is 18.0 Å². The molecule has 0 unspecified atom stereocenters. The molecule has 0 aliphatic rings. The minimum Gasteiger partial charge on any atom is -0.462 e. The molecule has 0 rings (SSSR count). The zero-order valence-electron chi connectivity index (χ0n) is 6.28. The number of hydrogen-bond acceptors (Lipinski definition) is 2. The lowest BCUT2D eigenvalue weighted by Crippen LogP contribution is -2.21. The van der Waals surface area contributed by atoms with Crippen molar-refractivity contribution in [3.8, 4) is 0 Å².